The van der Waals surface area contributed by atoms with E-state index in [2.05, 4.69) is 70.6 Å². The van der Waals surface area contributed by atoms with Crippen LogP contribution in [0.25, 0.3) is 66.1 Å². The van der Waals surface area contributed by atoms with Crippen molar-refractivity contribution < 1.29 is 9.84 Å². The first-order chi connectivity index (χ1) is 54.1. The van der Waals surface area contributed by atoms with Gasteiger partial charge in [0.15, 0.2) is 0 Å². The number of nitrogen functional groups attached to an aromatic ring is 17. The third-order valence-electron chi connectivity index (χ3n) is 17.5. The molecular weight excluding hydrogens is 1440 g/mol. The lowest BCUT2D eigenvalue weighted by atomic mass is 9.93. The van der Waals surface area contributed by atoms with Gasteiger partial charge in [-0.2, -0.15) is 0 Å². The summed E-state index contributed by atoms with van der Waals surface area (Å²) in [6.45, 7) is 8.10. The molecule has 0 aliphatic carbocycles. The molecule has 2 aromatic heterocycles. The van der Waals surface area contributed by atoms with Gasteiger partial charge in [0.2, 0.25) is 0 Å². The Morgan fingerprint density at radius 3 is 1.03 bits per heavy atom. The van der Waals surface area contributed by atoms with Gasteiger partial charge in [-0.15, -0.1) is 0 Å². The Morgan fingerprint density at radius 1 is 0.301 bits per heavy atom. The fourth-order valence-corrected chi connectivity index (χ4v) is 13.6. The second-order valence-electron chi connectivity index (χ2n) is 26.0. The molecule has 0 amide bonds. The SMILES string of the molecule is COc1cc(-c2ccc(N)c(CO)c2)ccc1N.Cc1cc(-c2cc(C)c(N)c(C)c2)cc(C)c1N.Nc1cc(N)cc(N)c1.Nc1ccc(-c2ccc(N)c3ccccc23)c2ccccc12.Nc1ccc(-c2ccc(N)cc2)cc1.Nc1cccc(N)n1.Nc1ccccc1SSc1ccccc1N.Nc1cccnc1N. The van der Waals surface area contributed by atoms with Crippen molar-refractivity contribution in [2.75, 3.05) is 105 Å². The van der Waals surface area contributed by atoms with E-state index in [0.717, 1.165) is 121 Å². The second-order valence-corrected chi connectivity index (χ2v) is 28.2. The number of nitrogens with zero attached hydrogens (tertiary/aromatic N) is 2. The Bertz CT molecular complexity index is 5260. The summed E-state index contributed by atoms with van der Waals surface area (Å²) in [5, 5.41) is 13.7. The number of aliphatic hydroxyl groups is 1. The Kier molecular flexibility index (Phi) is 30.5. The van der Waals surface area contributed by atoms with Gasteiger partial charge in [-0.3, -0.25) is 0 Å². The van der Waals surface area contributed by atoms with Crippen LogP contribution in [-0.2, 0) is 6.61 Å². The van der Waals surface area contributed by atoms with Crippen LogP contribution in [0.1, 0.15) is 27.8 Å². The summed E-state index contributed by atoms with van der Waals surface area (Å²) < 4.78 is 5.19. The average molecular weight is 1540 g/mol. The Morgan fingerprint density at radius 2 is 0.664 bits per heavy atom. The number of rotatable bonds is 9. The number of nitrogens with two attached hydrogens (primary N) is 17. The number of ether oxygens (including phenoxy) is 1. The number of benzene rings is 13. The highest BCUT2D eigenvalue weighted by Crippen LogP contribution is 2.43. The zero-order valence-corrected chi connectivity index (χ0v) is 65.4. The predicted molar refractivity (Wildman–Crippen MR) is 488 cm³/mol. The summed E-state index contributed by atoms with van der Waals surface area (Å²) in [7, 11) is 4.83. The van der Waals surface area contributed by atoms with Crippen molar-refractivity contribution in [3.63, 3.8) is 0 Å². The van der Waals surface area contributed by atoms with E-state index >= 15 is 0 Å². The van der Waals surface area contributed by atoms with Crippen LogP contribution in [0.3, 0.4) is 0 Å². The van der Waals surface area contributed by atoms with Crippen molar-refractivity contribution in [3.8, 4) is 50.3 Å². The summed E-state index contributed by atoms with van der Waals surface area (Å²) in [5.74, 6) is 1.96. The molecule has 113 heavy (non-hydrogen) atoms. The molecular formula is C90H99N19O2S2. The monoisotopic (exact) mass is 1540 g/mol. The molecule has 0 bridgehead atoms. The van der Waals surface area contributed by atoms with Gasteiger partial charge in [-0.1, -0.05) is 149 Å². The van der Waals surface area contributed by atoms with Gasteiger partial charge in [0.05, 0.1) is 25.1 Å². The molecule has 21 nitrogen and oxygen atoms in total. The van der Waals surface area contributed by atoms with Crippen molar-refractivity contribution in [1.82, 2.24) is 9.97 Å². The Labute approximate surface area is 667 Å². The Hall–Kier alpha value is -14.3. The summed E-state index contributed by atoms with van der Waals surface area (Å²) >= 11 is 0. The molecule has 0 saturated heterocycles. The van der Waals surface area contributed by atoms with Crippen molar-refractivity contribution >= 4 is 140 Å². The minimum atomic E-state index is -0.0776. The van der Waals surface area contributed by atoms with Crippen molar-refractivity contribution in [1.29, 1.82) is 0 Å². The molecule has 35 N–H and O–H groups in total. The fraction of sp³-hybridized carbons (Fsp3) is 0.0667. The van der Waals surface area contributed by atoms with Crippen LogP contribution in [-0.4, -0.2) is 22.2 Å². The highest BCUT2D eigenvalue weighted by molar-refractivity contribution is 8.76. The first-order valence-electron chi connectivity index (χ1n) is 35.4. The number of anilines is 17. The van der Waals surface area contributed by atoms with E-state index in [1.165, 1.54) is 22.3 Å². The number of aliphatic hydroxyl groups excluding tert-OH is 1. The summed E-state index contributed by atoms with van der Waals surface area (Å²) in [4.78, 5) is 9.59. The molecule has 23 heteroatoms. The largest absolute Gasteiger partial charge is 0.495 e. The number of para-hydroxylation sites is 2. The maximum Gasteiger partial charge on any atom is 0.146 e. The van der Waals surface area contributed by atoms with E-state index in [1.807, 2.05) is 185 Å². The summed E-state index contributed by atoms with van der Waals surface area (Å²) in [6.07, 6.45) is 1.60. The standard InChI is InChI=1S/C20H16N2.C16H20N2.C14H16N2O2.C12H12N2S2.C12H12N2.C6H9N3.2C5H7N3/c21-19-11-9-15(13-5-1-3-7-17(13)19)16-10-12-20(22)18-8-4-2-6-14(16)18;1-9-5-13(6-10(2)15(9)17)14-7-11(3)16(18)12(4)8-14;1-18-14-7-10(3-5-13(14)16)9-2-4-12(15)11(6-9)8-17;13-9-5-1-3-7-11(9)15-16-12-8-4-2-6-10(12)14;13-11-5-1-9(2-6-11)10-3-7-12(14)8-4-10;7-4-1-5(8)3-6(9)2-4;6-4-2-1-3-8-5(4)7;6-4-2-1-3-5(7)8-4/h1-12H,21-22H2;5-8H,17-18H2,1-4H3;2-7,17H,8,15-16H2,1H3;1-8H,13-14H2;1-8H,13-14H2;1-3H,7-9H2;1-3H,6H2,(H2,7,8);1-3H,(H4,6,7,8). The van der Waals surface area contributed by atoms with Gasteiger partial charge in [0, 0.05) is 101 Å². The normalized spacial score (nSPS) is 10.2. The predicted octanol–water partition coefficient (Wildman–Crippen LogP) is 17.7. The summed E-state index contributed by atoms with van der Waals surface area (Å²) in [5.41, 5.74) is 120. The quantitative estimate of drug-likeness (QED) is 0.0471. The molecule has 0 saturated carbocycles. The smallest absolute Gasteiger partial charge is 0.146 e. The van der Waals surface area contributed by atoms with E-state index < -0.39 is 0 Å². The molecule has 0 spiro atoms. The molecule has 0 atom stereocenters. The van der Waals surface area contributed by atoms with Gasteiger partial charge in [-0.05, 0) is 257 Å². The van der Waals surface area contributed by atoms with Gasteiger partial charge in [0.25, 0.3) is 0 Å². The maximum atomic E-state index is 9.21. The fourth-order valence-electron chi connectivity index (χ4n) is 11.4. The maximum absolute atomic E-state index is 9.21. The summed E-state index contributed by atoms with van der Waals surface area (Å²) in [6, 6.07) is 89.1. The number of aromatic nitrogens is 2. The van der Waals surface area contributed by atoms with Crippen LogP contribution in [0.4, 0.5) is 97.1 Å². The van der Waals surface area contributed by atoms with Gasteiger partial charge in [-0.25, -0.2) is 9.97 Å². The first-order valence-corrected chi connectivity index (χ1v) is 37.6. The van der Waals surface area contributed by atoms with Crippen LogP contribution in [0.2, 0.25) is 0 Å². The van der Waals surface area contributed by atoms with Crippen molar-refractivity contribution in [2.24, 2.45) is 0 Å². The van der Waals surface area contributed by atoms with Crippen LogP contribution in [0, 0.1) is 27.7 Å². The number of fused-ring (bicyclic) bond motifs is 2. The van der Waals surface area contributed by atoms with Crippen LogP contribution in [0.15, 0.2) is 295 Å². The molecule has 0 aliphatic heterocycles. The van der Waals surface area contributed by atoms with E-state index in [0.29, 0.717) is 62.9 Å². The lowest BCUT2D eigenvalue weighted by molar-refractivity contribution is 0.282. The number of methoxy groups -OCH3 is 1. The molecule has 2 heterocycles. The zero-order valence-electron chi connectivity index (χ0n) is 63.7. The molecule has 0 fully saturated rings. The van der Waals surface area contributed by atoms with Crippen LogP contribution >= 0.6 is 21.6 Å². The van der Waals surface area contributed by atoms with Gasteiger partial charge < -0.3 is 107 Å². The van der Waals surface area contributed by atoms with E-state index in [1.54, 1.807) is 95.6 Å². The van der Waals surface area contributed by atoms with Crippen molar-refractivity contribution in [3.05, 3.63) is 313 Å². The highest BCUT2D eigenvalue weighted by Gasteiger charge is 2.13. The number of aryl methyl sites for hydroxylation is 4. The van der Waals surface area contributed by atoms with Crippen LogP contribution in [0.5, 0.6) is 5.75 Å². The van der Waals surface area contributed by atoms with Gasteiger partial charge >= 0.3 is 0 Å². The van der Waals surface area contributed by atoms with Crippen LogP contribution < -0.4 is 102 Å². The molecule has 0 radical (unpaired) electrons. The highest BCUT2D eigenvalue weighted by atomic mass is 33.1. The van der Waals surface area contributed by atoms with Gasteiger partial charge in [0.1, 0.15) is 23.2 Å². The molecule has 15 aromatic rings. The number of hydrogen-bond donors (Lipinski definition) is 18. The molecule has 15 rings (SSSR count). The number of hydrogen-bond acceptors (Lipinski definition) is 23. The lowest BCUT2D eigenvalue weighted by Crippen LogP contribution is -1.97. The minimum absolute atomic E-state index is 0.0776. The zero-order chi connectivity index (χ0) is 81.8. The average Bonchev–Trinajstić information content (AvgIpc) is 0.766. The molecule has 578 valence electrons. The molecule has 0 unspecified atom stereocenters. The second kappa shape index (κ2) is 40.8. The third kappa shape index (κ3) is 24.4. The molecule has 13 aromatic carbocycles. The van der Waals surface area contributed by atoms with E-state index in [-0.39, 0.29) is 6.61 Å². The Balaban J connectivity index is 0.000000165. The topological polar surface area (TPSA) is 498 Å². The first kappa shape index (κ1) is 84.4. The van der Waals surface area contributed by atoms with E-state index in [4.69, 9.17) is 102 Å². The third-order valence-corrected chi connectivity index (χ3v) is 20.0. The minimum Gasteiger partial charge on any atom is -0.495 e. The number of pyridine rings is 2. The lowest BCUT2D eigenvalue weighted by Gasteiger charge is -2.13. The van der Waals surface area contributed by atoms with E-state index in [9.17, 15) is 5.11 Å². The molecule has 0 aliphatic rings. The van der Waals surface area contributed by atoms with Crippen molar-refractivity contribution in [2.45, 2.75) is 44.1 Å².